The first-order valence-corrected chi connectivity index (χ1v) is 6.38. The minimum absolute atomic E-state index is 0.116. The number of hydrogen-bond acceptors (Lipinski definition) is 4. The number of amides is 1. The molecule has 0 spiro atoms. The van der Waals surface area contributed by atoms with Gasteiger partial charge in [-0.15, -0.1) is 0 Å². The van der Waals surface area contributed by atoms with Crippen LogP contribution in [-0.2, 0) is 0 Å². The van der Waals surface area contributed by atoms with Gasteiger partial charge < -0.3 is 5.32 Å². The Morgan fingerprint density at radius 1 is 1.23 bits per heavy atom. The number of aryl methyl sites for hydroxylation is 2. The minimum Gasteiger partial charge on any atom is -0.334 e. The summed E-state index contributed by atoms with van der Waals surface area (Å²) >= 11 is 0. The summed E-state index contributed by atoms with van der Waals surface area (Å²) < 4.78 is 39.5. The van der Waals surface area contributed by atoms with Crippen molar-refractivity contribution >= 4 is 5.91 Å². The molecule has 0 aliphatic heterocycles. The first-order valence-electron chi connectivity index (χ1n) is 6.38. The maximum Gasteiger partial charge on any atom is 0.414 e. The summed E-state index contributed by atoms with van der Waals surface area (Å²) in [5.74, 6) is -0.617. The Labute approximate surface area is 124 Å². The number of hydrogen-bond donors (Lipinski definition) is 1. The number of pyridine rings is 1. The number of nitrogens with one attached hydrogen (secondary N) is 1. The Balaban J connectivity index is 2.29. The van der Waals surface area contributed by atoms with Crippen LogP contribution in [0, 0.1) is 13.8 Å². The fourth-order valence-corrected chi connectivity index (χ4v) is 1.91. The first-order chi connectivity index (χ1) is 10.3. The number of alkyl halides is 3. The molecule has 0 fully saturated rings. The predicted molar refractivity (Wildman–Crippen MR) is 72.0 cm³/mol. The van der Waals surface area contributed by atoms with Crippen LogP contribution in [-0.4, -0.2) is 27.0 Å². The van der Waals surface area contributed by atoms with Crippen molar-refractivity contribution in [3.63, 3.8) is 0 Å². The van der Waals surface area contributed by atoms with Gasteiger partial charge in [0, 0.05) is 11.9 Å². The van der Waals surface area contributed by atoms with Crippen molar-refractivity contribution in [3.8, 4) is 0 Å². The van der Waals surface area contributed by atoms with Gasteiger partial charge in [-0.05, 0) is 32.0 Å². The fourth-order valence-electron chi connectivity index (χ4n) is 1.91. The van der Waals surface area contributed by atoms with E-state index in [9.17, 15) is 18.0 Å². The van der Waals surface area contributed by atoms with Gasteiger partial charge in [0.2, 0.25) is 0 Å². The fraction of sp³-hybridized carbons (Fsp3) is 0.286. The molecule has 1 unspecified atom stereocenters. The normalized spacial score (nSPS) is 12.8. The van der Waals surface area contributed by atoms with E-state index >= 15 is 0 Å². The number of nitrogens with zero attached hydrogens (tertiary/aromatic N) is 3. The number of halogens is 3. The zero-order valence-electron chi connectivity index (χ0n) is 11.8. The number of rotatable bonds is 3. The highest BCUT2D eigenvalue weighted by Gasteiger charge is 2.43. The first kappa shape index (κ1) is 15.9. The van der Waals surface area contributed by atoms with Crippen molar-refractivity contribution in [3.05, 3.63) is 53.4 Å². The highest BCUT2D eigenvalue weighted by Crippen LogP contribution is 2.31. The maximum atomic E-state index is 13.2. The highest BCUT2D eigenvalue weighted by atomic mass is 19.4. The number of carbonyl (C=O) groups is 1. The smallest absolute Gasteiger partial charge is 0.334 e. The zero-order valence-corrected chi connectivity index (χ0v) is 11.8. The second kappa shape index (κ2) is 6.08. The topological polar surface area (TPSA) is 67.8 Å². The van der Waals surface area contributed by atoms with Crippen molar-refractivity contribution in [1.82, 2.24) is 20.3 Å². The van der Waals surface area contributed by atoms with Gasteiger partial charge in [0.15, 0.2) is 6.04 Å². The summed E-state index contributed by atoms with van der Waals surface area (Å²) in [6.07, 6.45) is -3.43. The summed E-state index contributed by atoms with van der Waals surface area (Å²) in [5.41, 5.74) is 0.0973. The molecule has 0 radical (unpaired) electrons. The Hall–Kier alpha value is -2.51. The standard InChI is InChI=1S/C14H13F3N4O/c1-8-7-11(20-9(2)19-8)13(22)21-12(14(15,16)17)10-5-3-4-6-18-10/h3-7,12H,1-2H3,(H,21,22). The average Bonchev–Trinajstić information content (AvgIpc) is 2.43. The molecule has 2 aromatic rings. The number of carbonyl (C=O) groups excluding carboxylic acids is 1. The van der Waals surface area contributed by atoms with Crippen molar-refractivity contribution < 1.29 is 18.0 Å². The van der Waals surface area contributed by atoms with Gasteiger partial charge >= 0.3 is 6.18 Å². The Morgan fingerprint density at radius 2 is 1.95 bits per heavy atom. The molecule has 0 aliphatic rings. The monoisotopic (exact) mass is 310 g/mol. The van der Waals surface area contributed by atoms with Crippen molar-refractivity contribution in [1.29, 1.82) is 0 Å². The van der Waals surface area contributed by atoms with Gasteiger partial charge in [-0.25, -0.2) is 9.97 Å². The van der Waals surface area contributed by atoms with Gasteiger partial charge in [0.25, 0.3) is 5.91 Å². The van der Waals surface area contributed by atoms with E-state index in [0.29, 0.717) is 11.5 Å². The van der Waals surface area contributed by atoms with Crippen LogP contribution in [0.15, 0.2) is 30.5 Å². The molecule has 0 aromatic carbocycles. The lowest BCUT2D eigenvalue weighted by Crippen LogP contribution is -2.39. The van der Waals surface area contributed by atoms with E-state index in [1.54, 1.807) is 13.8 Å². The minimum atomic E-state index is -4.67. The molecule has 0 saturated heterocycles. The van der Waals surface area contributed by atoms with Crippen LogP contribution in [0.4, 0.5) is 13.2 Å². The van der Waals surface area contributed by atoms with Crippen LogP contribution in [0.3, 0.4) is 0 Å². The molecule has 0 aliphatic carbocycles. The third-order valence-corrected chi connectivity index (χ3v) is 2.78. The Morgan fingerprint density at radius 3 is 2.50 bits per heavy atom. The van der Waals surface area contributed by atoms with E-state index in [-0.39, 0.29) is 11.4 Å². The molecule has 0 bridgehead atoms. The average molecular weight is 310 g/mol. The zero-order chi connectivity index (χ0) is 16.3. The van der Waals surface area contributed by atoms with Gasteiger partial charge in [-0.2, -0.15) is 13.2 Å². The van der Waals surface area contributed by atoms with Gasteiger partial charge in [0.05, 0.1) is 5.69 Å². The van der Waals surface area contributed by atoms with Crippen LogP contribution >= 0.6 is 0 Å². The third kappa shape index (κ3) is 3.78. The molecule has 22 heavy (non-hydrogen) atoms. The summed E-state index contributed by atoms with van der Waals surface area (Å²) in [6.45, 7) is 3.19. The maximum absolute atomic E-state index is 13.2. The second-order valence-corrected chi connectivity index (χ2v) is 4.64. The number of aromatic nitrogens is 3. The lowest BCUT2D eigenvalue weighted by molar-refractivity contribution is -0.156. The SMILES string of the molecule is Cc1cc(C(=O)NC(c2ccccn2)C(F)(F)F)nc(C)n1. The third-order valence-electron chi connectivity index (χ3n) is 2.78. The molecule has 1 N–H and O–H groups in total. The molecule has 2 rings (SSSR count). The van der Waals surface area contributed by atoms with Crippen LogP contribution in [0.25, 0.3) is 0 Å². The van der Waals surface area contributed by atoms with Crippen LogP contribution < -0.4 is 5.32 Å². The molecule has 2 heterocycles. The molecule has 1 atom stereocenters. The van der Waals surface area contributed by atoms with Crippen molar-refractivity contribution in [2.45, 2.75) is 26.1 Å². The van der Waals surface area contributed by atoms with Gasteiger partial charge in [-0.3, -0.25) is 9.78 Å². The van der Waals surface area contributed by atoms with Crippen LogP contribution in [0.1, 0.15) is 33.7 Å². The van der Waals surface area contributed by atoms with E-state index in [0.717, 1.165) is 0 Å². The van der Waals surface area contributed by atoms with Crippen molar-refractivity contribution in [2.24, 2.45) is 0 Å². The lowest BCUT2D eigenvalue weighted by atomic mass is 10.1. The highest BCUT2D eigenvalue weighted by molar-refractivity contribution is 5.92. The molecule has 116 valence electrons. The molecule has 5 nitrogen and oxygen atoms in total. The quantitative estimate of drug-likeness (QED) is 0.946. The predicted octanol–water partition coefficient (Wildman–Crippen LogP) is 2.52. The summed E-state index contributed by atoms with van der Waals surface area (Å²) in [7, 11) is 0. The van der Waals surface area contributed by atoms with Crippen LogP contribution in [0.5, 0.6) is 0 Å². The lowest BCUT2D eigenvalue weighted by Gasteiger charge is -2.21. The van der Waals surface area contributed by atoms with E-state index in [2.05, 4.69) is 15.0 Å². The van der Waals surface area contributed by atoms with Gasteiger partial charge in [0.1, 0.15) is 11.5 Å². The summed E-state index contributed by atoms with van der Waals surface area (Å²) in [4.78, 5) is 23.5. The van der Waals surface area contributed by atoms with E-state index in [1.807, 2.05) is 5.32 Å². The Kier molecular flexibility index (Phi) is 4.39. The Bertz CT molecular complexity index is 653. The molecular weight excluding hydrogens is 297 g/mol. The summed E-state index contributed by atoms with van der Waals surface area (Å²) in [5, 5.41) is 1.93. The molecular formula is C14H13F3N4O. The van der Waals surface area contributed by atoms with Gasteiger partial charge in [-0.1, -0.05) is 6.07 Å². The van der Waals surface area contributed by atoms with Crippen LogP contribution in [0.2, 0.25) is 0 Å². The van der Waals surface area contributed by atoms with Crippen molar-refractivity contribution in [2.75, 3.05) is 0 Å². The van der Waals surface area contributed by atoms with E-state index < -0.39 is 18.1 Å². The molecule has 0 saturated carbocycles. The summed E-state index contributed by atoms with van der Waals surface area (Å²) in [6, 6.07) is 3.25. The second-order valence-electron chi connectivity index (χ2n) is 4.64. The van der Waals surface area contributed by atoms with E-state index in [4.69, 9.17) is 0 Å². The largest absolute Gasteiger partial charge is 0.414 e. The molecule has 8 heteroatoms. The molecule has 1 amide bonds. The van der Waals surface area contributed by atoms with E-state index in [1.165, 1.54) is 30.5 Å². The molecule has 2 aromatic heterocycles.